The molecule has 0 saturated heterocycles. The van der Waals surface area contributed by atoms with Crippen LogP contribution >= 0.6 is 15.9 Å². The Morgan fingerprint density at radius 1 is 1.44 bits per heavy atom. The second-order valence-corrected chi connectivity index (χ2v) is 5.01. The lowest BCUT2D eigenvalue weighted by Crippen LogP contribution is -2.30. The summed E-state index contributed by atoms with van der Waals surface area (Å²) in [6.07, 6.45) is 2.92. The first-order chi connectivity index (χ1) is 7.63. The fourth-order valence-corrected chi connectivity index (χ4v) is 2.16. The number of rotatable bonds is 4. The van der Waals surface area contributed by atoms with Gasteiger partial charge in [0.2, 0.25) is 0 Å². The Hall–Kier alpha value is -0.520. The summed E-state index contributed by atoms with van der Waals surface area (Å²) >= 11 is 3.05. The van der Waals surface area contributed by atoms with E-state index in [9.17, 15) is 8.78 Å². The molecule has 88 valence electrons. The quantitative estimate of drug-likeness (QED) is 0.508. The molecule has 0 spiro atoms. The predicted octanol–water partition coefficient (Wildman–Crippen LogP) is 3.03. The Balaban J connectivity index is 2.31. The normalized spacial score (nSPS) is 17.5. The van der Waals surface area contributed by atoms with E-state index >= 15 is 0 Å². The van der Waals surface area contributed by atoms with E-state index in [2.05, 4.69) is 21.4 Å². The lowest BCUT2D eigenvalue weighted by atomic mass is 10.0. The van der Waals surface area contributed by atoms with Crippen LogP contribution in [0.4, 0.5) is 8.78 Å². The Morgan fingerprint density at radius 3 is 2.69 bits per heavy atom. The van der Waals surface area contributed by atoms with Gasteiger partial charge in [-0.25, -0.2) is 8.78 Å². The first-order valence-corrected chi connectivity index (χ1v) is 6.02. The third kappa shape index (κ3) is 2.42. The van der Waals surface area contributed by atoms with Crippen LogP contribution < -0.4 is 11.3 Å². The molecule has 0 amide bonds. The Labute approximate surface area is 101 Å². The average Bonchev–Trinajstić information content (AvgIpc) is 3.06. The third-order valence-electron chi connectivity index (χ3n) is 2.90. The second-order valence-electron chi connectivity index (χ2n) is 4.16. The highest BCUT2D eigenvalue weighted by Crippen LogP contribution is 2.39. The molecule has 1 aromatic rings. The van der Waals surface area contributed by atoms with Crippen LogP contribution in [-0.2, 0) is 0 Å². The summed E-state index contributed by atoms with van der Waals surface area (Å²) in [5.41, 5.74) is 2.53. The van der Waals surface area contributed by atoms with E-state index in [0.29, 0.717) is 12.3 Å². The van der Waals surface area contributed by atoms with Gasteiger partial charge < -0.3 is 0 Å². The monoisotopic (exact) mass is 290 g/mol. The minimum absolute atomic E-state index is 0.0313. The molecule has 5 heteroatoms. The third-order valence-corrected chi connectivity index (χ3v) is 3.51. The van der Waals surface area contributed by atoms with Gasteiger partial charge in [-0.1, -0.05) is 12.8 Å². The fourth-order valence-electron chi connectivity index (χ4n) is 1.82. The number of halogens is 3. The van der Waals surface area contributed by atoms with Gasteiger partial charge in [-0.15, -0.1) is 0 Å². The van der Waals surface area contributed by atoms with Gasteiger partial charge in [0, 0.05) is 5.56 Å². The molecule has 16 heavy (non-hydrogen) atoms. The number of hydrogen-bond acceptors (Lipinski definition) is 2. The minimum Gasteiger partial charge on any atom is -0.271 e. The Kier molecular flexibility index (Phi) is 3.56. The fraction of sp³-hybridized carbons (Fsp3) is 0.455. The van der Waals surface area contributed by atoms with E-state index in [4.69, 9.17) is 5.84 Å². The predicted molar refractivity (Wildman–Crippen MR) is 61.5 cm³/mol. The van der Waals surface area contributed by atoms with E-state index in [0.717, 1.165) is 12.8 Å². The van der Waals surface area contributed by atoms with Crippen LogP contribution in [0.2, 0.25) is 0 Å². The SMILES string of the molecule is NNC(CC1CC1)c1c(F)ccc(Br)c1F. The van der Waals surface area contributed by atoms with Gasteiger partial charge in [0.05, 0.1) is 10.5 Å². The van der Waals surface area contributed by atoms with Crippen LogP contribution in [0.3, 0.4) is 0 Å². The number of hydrazine groups is 1. The summed E-state index contributed by atoms with van der Waals surface area (Å²) in [7, 11) is 0. The molecule has 1 fully saturated rings. The molecular formula is C11H13BrF2N2. The minimum atomic E-state index is -0.566. The standard InChI is InChI=1S/C11H13BrF2N2/c12-7-3-4-8(13)10(11(7)14)9(16-15)5-6-1-2-6/h3-4,6,9,16H,1-2,5,15H2. The maximum Gasteiger partial charge on any atom is 0.145 e. The van der Waals surface area contributed by atoms with Crippen LogP contribution in [0, 0.1) is 17.6 Å². The van der Waals surface area contributed by atoms with E-state index in [1.165, 1.54) is 12.1 Å². The zero-order chi connectivity index (χ0) is 11.7. The first-order valence-electron chi connectivity index (χ1n) is 5.23. The van der Waals surface area contributed by atoms with Gasteiger partial charge in [-0.05, 0) is 40.4 Å². The molecule has 1 aliphatic rings. The first kappa shape index (κ1) is 12.0. The number of nitrogens with two attached hydrogens (primary N) is 1. The van der Waals surface area contributed by atoms with Crippen LogP contribution in [-0.4, -0.2) is 0 Å². The van der Waals surface area contributed by atoms with Gasteiger partial charge in [-0.2, -0.15) is 0 Å². The summed E-state index contributed by atoms with van der Waals surface area (Å²) in [6.45, 7) is 0. The summed E-state index contributed by atoms with van der Waals surface area (Å²) < 4.78 is 27.6. The van der Waals surface area contributed by atoms with Crippen molar-refractivity contribution in [2.24, 2.45) is 11.8 Å². The molecule has 0 aliphatic heterocycles. The second kappa shape index (κ2) is 4.77. The van der Waals surface area contributed by atoms with Crippen molar-refractivity contribution in [3.05, 3.63) is 33.8 Å². The molecule has 2 rings (SSSR count). The smallest absolute Gasteiger partial charge is 0.145 e. The average molecular weight is 291 g/mol. The van der Waals surface area contributed by atoms with Gasteiger partial charge >= 0.3 is 0 Å². The molecule has 0 bridgehead atoms. The number of nitrogens with one attached hydrogen (secondary N) is 1. The van der Waals surface area contributed by atoms with Crippen molar-refractivity contribution in [1.29, 1.82) is 0 Å². The number of benzene rings is 1. The highest BCUT2D eigenvalue weighted by molar-refractivity contribution is 9.10. The highest BCUT2D eigenvalue weighted by Gasteiger charge is 2.29. The van der Waals surface area contributed by atoms with E-state index in [1.807, 2.05) is 0 Å². The van der Waals surface area contributed by atoms with E-state index < -0.39 is 17.7 Å². The van der Waals surface area contributed by atoms with Crippen LogP contribution in [0.5, 0.6) is 0 Å². The molecule has 1 aliphatic carbocycles. The molecular weight excluding hydrogens is 278 g/mol. The molecule has 1 atom stereocenters. The van der Waals surface area contributed by atoms with Crippen molar-refractivity contribution in [3.8, 4) is 0 Å². The van der Waals surface area contributed by atoms with Crippen LogP contribution in [0.1, 0.15) is 30.9 Å². The van der Waals surface area contributed by atoms with Crippen molar-refractivity contribution in [2.75, 3.05) is 0 Å². The highest BCUT2D eigenvalue weighted by atomic mass is 79.9. The van der Waals surface area contributed by atoms with Crippen molar-refractivity contribution in [2.45, 2.75) is 25.3 Å². The molecule has 1 aromatic carbocycles. The lowest BCUT2D eigenvalue weighted by Gasteiger charge is -2.18. The van der Waals surface area contributed by atoms with Crippen molar-refractivity contribution < 1.29 is 8.78 Å². The topological polar surface area (TPSA) is 38.0 Å². The van der Waals surface area contributed by atoms with E-state index in [1.54, 1.807) is 0 Å². The maximum atomic E-state index is 13.8. The van der Waals surface area contributed by atoms with Crippen LogP contribution in [0.15, 0.2) is 16.6 Å². The Bertz CT molecular complexity index is 394. The number of hydrogen-bond donors (Lipinski definition) is 2. The van der Waals surface area contributed by atoms with Gasteiger partial charge in [0.25, 0.3) is 0 Å². The zero-order valence-corrected chi connectivity index (χ0v) is 10.2. The molecule has 0 radical (unpaired) electrons. The molecule has 3 N–H and O–H groups in total. The molecule has 0 heterocycles. The summed E-state index contributed by atoms with van der Waals surface area (Å²) in [4.78, 5) is 0. The molecule has 1 saturated carbocycles. The molecule has 1 unspecified atom stereocenters. The van der Waals surface area contributed by atoms with Crippen molar-refractivity contribution in [1.82, 2.24) is 5.43 Å². The zero-order valence-electron chi connectivity index (χ0n) is 8.64. The Morgan fingerprint density at radius 2 is 2.12 bits per heavy atom. The van der Waals surface area contributed by atoms with Crippen LogP contribution in [0.25, 0.3) is 0 Å². The lowest BCUT2D eigenvalue weighted by molar-refractivity contribution is 0.436. The maximum absolute atomic E-state index is 13.8. The summed E-state index contributed by atoms with van der Waals surface area (Å²) in [5.74, 6) is 4.79. The van der Waals surface area contributed by atoms with Crippen molar-refractivity contribution >= 4 is 15.9 Å². The largest absolute Gasteiger partial charge is 0.271 e. The van der Waals surface area contributed by atoms with E-state index in [-0.39, 0.29) is 10.0 Å². The molecule has 2 nitrogen and oxygen atoms in total. The van der Waals surface area contributed by atoms with Gasteiger partial charge in [0.15, 0.2) is 0 Å². The van der Waals surface area contributed by atoms with Gasteiger partial charge in [0.1, 0.15) is 11.6 Å². The molecule has 0 aromatic heterocycles. The summed E-state index contributed by atoms with van der Waals surface area (Å²) in [5, 5.41) is 0. The van der Waals surface area contributed by atoms with Gasteiger partial charge in [-0.3, -0.25) is 11.3 Å². The van der Waals surface area contributed by atoms with Crippen molar-refractivity contribution in [3.63, 3.8) is 0 Å². The summed E-state index contributed by atoms with van der Waals surface area (Å²) in [6, 6.07) is 2.16.